The molecule has 0 spiro atoms. The van der Waals surface area contributed by atoms with Gasteiger partial charge in [-0.3, -0.25) is 4.79 Å². The van der Waals surface area contributed by atoms with Crippen molar-refractivity contribution in [3.63, 3.8) is 0 Å². The number of sulfone groups is 1. The number of hydrogen-bond donors (Lipinski definition) is 1. The van der Waals surface area contributed by atoms with E-state index in [1.807, 2.05) is 51.1 Å². The fourth-order valence-corrected chi connectivity index (χ4v) is 4.79. The first-order valence-electron chi connectivity index (χ1n) is 11.9. The largest absolute Gasteiger partial charge is 0.331 e. The van der Waals surface area contributed by atoms with Crippen LogP contribution in [0, 0.1) is 17.0 Å². The molecule has 0 aliphatic carbocycles. The van der Waals surface area contributed by atoms with E-state index in [1.54, 1.807) is 4.68 Å². The summed E-state index contributed by atoms with van der Waals surface area (Å²) in [6.45, 7) is 6.41. The van der Waals surface area contributed by atoms with Gasteiger partial charge in [-0.05, 0) is 42.1 Å². The number of nitrogens with two attached hydrogens (primary N) is 1. The maximum absolute atomic E-state index is 14.7. The topological polar surface area (TPSA) is 111 Å². The average molecular weight is 534 g/mol. The lowest BCUT2D eigenvalue weighted by molar-refractivity contribution is -0.133. The zero-order valence-corrected chi connectivity index (χ0v) is 22.3. The fourth-order valence-electron chi connectivity index (χ4n) is 4.17. The van der Waals surface area contributed by atoms with E-state index in [2.05, 4.69) is 10.1 Å². The Kier molecular flexibility index (Phi) is 8.80. The molecule has 0 saturated heterocycles. The third-order valence-electron chi connectivity index (χ3n) is 5.73. The van der Waals surface area contributed by atoms with Gasteiger partial charge in [0.1, 0.15) is 17.4 Å². The molecule has 2 N–H and O–H groups in total. The van der Waals surface area contributed by atoms with Crippen molar-refractivity contribution < 1.29 is 22.0 Å². The van der Waals surface area contributed by atoms with Crippen LogP contribution in [0.5, 0.6) is 0 Å². The highest BCUT2D eigenvalue weighted by Gasteiger charge is 2.39. The van der Waals surface area contributed by atoms with Gasteiger partial charge in [0.15, 0.2) is 21.5 Å². The second-order valence-corrected chi connectivity index (χ2v) is 12.3. The molecular formula is C26H33F2N5O3S. The van der Waals surface area contributed by atoms with Gasteiger partial charge in [-0.1, -0.05) is 51.1 Å². The Labute approximate surface area is 216 Å². The van der Waals surface area contributed by atoms with Gasteiger partial charge < -0.3 is 10.6 Å². The highest BCUT2D eigenvalue weighted by atomic mass is 32.2. The van der Waals surface area contributed by atoms with Gasteiger partial charge in [0.25, 0.3) is 0 Å². The Morgan fingerprint density at radius 3 is 2.41 bits per heavy atom. The molecule has 200 valence electrons. The minimum absolute atomic E-state index is 0.0356. The van der Waals surface area contributed by atoms with E-state index in [1.165, 1.54) is 4.90 Å². The van der Waals surface area contributed by atoms with Crippen LogP contribution in [0.1, 0.15) is 44.6 Å². The van der Waals surface area contributed by atoms with Gasteiger partial charge in [0.2, 0.25) is 5.91 Å². The number of nitrogens with zero attached hydrogens (tertiary/aromatic N) is 4. The summed E-state index contributed by atoms with van der Waals surface area (Å²) in [4.78, 5) is 19.4. The summed E-state index contributed by atoms with van der Waals surface area (Å²) in [5, 5.41) is 4.53. The quantitative estimate of drug-likeness (QED) is 0.427. The third kappa shape index (κ3) is 7.42. The molecule has 1 atom stereocenters. The van der Waals surface area contributed by atoms with Crippen LogP contribution in [0.4, 0.5) is 8.78 Å². The summed E-state index contributed by atoms with van der Waals surface area (Å²) in [5.74, 6) is -2.31. The summed E-state index contributed by atoms with van der Waals surface area (Å²) in [5.41, 5.74) is 5.85. The normalized spacial score (nSPS) is 12.9. The smallest absolute Gasteiger partial charge is 0.238 e. The molecule has 1 amide bonds. The summed E-state index contributed by atoms with van der Waals surface area (Å²) in [7, 11) is -3.62. The molecule has 0 radical (unpaired) electrons. The number of amides is 1. The molecule has 3 aromatic rings. The van der Waals surface area contributed by atoms with Crippen molar-refractivity contribution in [2.24, 2.45) is 11.1 Å². The van der Waals surface area contributed by atoms with E-state index in [9.17, 15) is 22.0 Å². The lowest BCUT2D eigenvalue weighted by Crippen LogP contribution is -2.45. The van der Waals surface area contributed by atoms with Crippen molar-refractivity contribution in [3.8, 4) is 11.4 Å². The summed E-state index contributed by atoms with van der Waals surface area (Å²) >= 11 is 0. The van der Waals surface area contributed by atoms with Crippen LogP contribution in [-0.2, 0) is 21.2 Å². The Morgan fingerprint density at radius 2 is 1.81 bits per heavy atom. The summed E-state index contributed by atoms with van der Waals surface area (Å²) in [6, 6.07) is 11.7. The highest BCUT2D eigenvalue weighted by Crippen LogP contribution is 2.39. The van der Waals surface area contributed by atoms with Crippen LogP contribution in [0.3, 0.4) is 0 Å². The second-order valence-electron chi connectivity index (χ2n) is 10.1. The summed E-state index contributed by atoms with van der Waals surface area (Å²) < 4.78 is 54.3. The number of carbonyl (C=O) groups excluding carboxylic acids is 1. The zero-order valence-electron chi connectivity index (χ0n) is 21.5. The molecule has 0 unspecified atom stereocenters. The van der Waals surface area contributed by atoms with Gasteiger partial charge in [0.05, 0.1) is 18.2 Å². The molecule has 1 aromatic heterocycles. The predicted octanol–water partition coefficient (Wildman–Crippen LogP) is 3.58. The minimum Gasteiger partial charge on any atom is -0.331 e. The lowest BCUT2D eigenvalue weighted by Gasteiger charge is -2.39. The van der Waals surface area contributed by atoms with E-state index >= 15 is 0 Å². The molecule has 0 fully saturated rings. The van der Waals surface area contributed by atoms with Gasteiger partial charge in [-0.15, -0.1) is 0 Å². The van der Waals surface area contributed by atoms with E-state index < -0.39 is 44.6 Å². The van der Waals surface area contributed by atoms with E-state index in [4.69, 9.17) is 5.73 Å². The number of halogens is 2. The van der Waals surface area contributed by atoms with Gasteiger partial charge in [0, 0.05) is 12.8 Å². The molecular weight excluding hydrogens is 500 g/mol. The Hall–Kier alpha value is -3.18. The standard InChI is InChI=1S/C26H33F2N5O3S/c1-26(2,3)23(32(14-8-13-29)22(34)17-37(4,35)36)25-30-24(20-15-19(27)11-12-21(20)28)31-33(25)16-18-9-6-5-7-10-18/h5-7,9-12,15,23H,8,13-14,16-17,29H2,1-4H3/t23-/m0/s1. The van der Waals surface area contributed by atoms with Crippen LogP contribution in [0.25, 0.3) is 11.4 Å². The van der Waals surface area contributed by atoms with Crippen molar-refractivity contribution in [1.29, 1.82) is 0 Å². The SMILES string of the molecule is CC(C)(C)[C@H](c1nc(-c2cc(F)ccc2F)nn1Cc1ccccc1)N(CCCN)C(=O)CS(C)(=O)=O. The van der Waals surface area contributed by atoms with Crippen molar-refractivity contribution in [3.05, 3.63) is 71.6 Å². The Morgan fingerprint density at radius 1 is 1.14 bits per heavy atom. The first kappa shape index (κ1) is 28.4. The average Bonchev–Trinajstić information content (AvgIpc) is 3.19. The Balaban J connectivity index is 2.22. The van der Waals surface area contributed by atoms with Crippen LogP contribution >= 0.6 is 0 Å². The van der Waals surface area contributed by atoms with Crippen molar-refractivity contribution in [1.82, 2.24) is 19.7 Å². The summed E-state index contributed by atoms with van der Waals surface area (Å²) in [6.07, 6.45) is 1.43. The molecule has 37 heavy (non-hydrogen) atoms. The zero-order chi connectivity index (χ0) is 27.4. The monoisotopic (exact) mass is 533 g/mol. The minimum atomic E-state index is -3.62. The van der Waals surface area contributed by atoms with E-state index in [0.29, 0.717) is 12.2 Å². The second kappa shape index (κ2) is 11.5. The number of benzene rings is 2. The Bertz CT molecular complexity index is 1340. The van der Waals surface area contributed by atoms with E-state index in [-0.39, 0.29) is 31.0 Å². The molecule has 3 rings (SSSR count). The molecule has 1 heterocycles. The van der Waals surface area contributed by atoms with E-state index in [0.717, 1.165) is 30.0 Å². The molecule has 0 aliphatic rings. The third-order valence-corrected chi connectivity index (χ3v) is 6.50. The predicted molar refractivity (Wildman–Crippen MR) is 138 cm³/mol. The highest BCUT2D eigenvalue weighted by molar-refractivity contribution is 7.91. The molecule has 0 saturated carbocycles. The number of aromatic nitrogens is 3. The van der Waals surface area contributed by atoms with Crippen molar-refractivity contribution >= 4 is 15.7 Å². The molecule has 11 heteroatoms. The van der Waals surface area contributed by atoms with Crippen LogP contribution in [0.15, 0.2) is 48.5 Å². The van der Waals surface area contributed by atoms with Gasteiger partial charge in [-0.2, -0.15) is 5.10 Å². The maximum Gasteiger partial charge on any atom is 0.238 e. The molecule has 0 bridgehead atoms. The van der Waals surface area contributed by atoms with Crippen molar-refractivity contribution in [2.75, 3.05) is 25.1 Å². The number of rotatable bonds is 10. The van der Waals surface area contributed by atoms with Crippen LogP contribution in [0.2, 0.25) is 0 Å². The maximum atomic E-state index is 14.7. The molecule has 0 aliphatic heterocycles. The van der Waals surface area contributed by atoms with Crippen molar-refractivity contribution in [2.45, 2.75) is 39.8 Å². The molecule has 2 aromatic carbocycles. The first-order valence-corrected chi connectivity index (χ1v) is 14.0. The number of carbonyl (C=O) groups is 1. The van der Waals surface area contributed by atoms with Crippen LogP contribution < -0.4 is 5.73 Å². The van der Waals surface area contributed by atoms with Crippen LogP contribution in [-0.4, -0.2) is 59.1 Å². The molecule has 8 nitrogen and oxygen atoms in total. The van der Waals surface area contributed by atoms with Gasteiger partial charge in [-0.25, -0.2) is 26.9 Å². The fraction of sp³-hybridized carbons (Fsp3) is 0.423. The lowest BCUT2D eigenvalue weighted by atomic mass is 9.84. The number of hydrogen-bond acceptors (Lipinski definition) is 6. The van der Waals surface area contributed by atoms with Gasteiger partial charge >= 0.3 is 0 Å². The first-order chi connectivity index (χ1) is 17.3.